The first-order valence-corrected chi connectivity index (χ1v) is 6.57. The summed E-state index contributed by atoms with van der Waals surface area (Å²) in [5.41, 5.74) is 0.423. The molecule has 5 nitrogen and oxygen atoms in total. The number of rotatable bonds is 5. The van der Waals surface area contributed by atoms with Gasteiger partial charge in [-0.2, -0.15) is 10.2 Å². The van der Waals surface area contributed by atoms with Crippen LogP contribution in [-0.2, 0) is 11.3 Å². The molecule has 1 atom stereocenters. The molecule has 1 unspecified atom stereocenters. The lowest BCUT2D eigenvalue weighted by Gasteiger charge is -2.27. The summed E-state index contributed by atoms with van der Waals surface area (Å²) in [6, 6.07) is 3.69. The van der Waals surface area contributed by atoms with Crippen molar-refractivity contribution in [2.45, 2.75) is 44.7 Å². The van der Waals surface area contributed by atoms with Crippen LogP contribution in [0.25, 0.3) is 0 Å². The number of hydrogen-bond acceptors (Lipinski definition) is 4. The van der Waals surface area contributed by atoms with Crippen LogP contribution in [0.4, 0.5) is 0 Å². The Morgan fingerprint density at radius 1 is 1.61 bits per heavy atom. The van der Waals surface area contributed by atoms with Gasteiger partial charge in [0.2, 0.25) is 5.91 Å². The van der Waals surface area contributed by atoms with E-state index in [-0.39, 0.29) is 11.4 Å². The molecule has 18 heavy (non-hydrogen) atoms. The first-order valence-electron chi connectivity index (χ1n) is 6.57. The fourth-order valence-corrected chi connectivity index (χ4v) is 2.52. The van der Waals surface area contributed by atoms with Gasteiger partial charge in [0.25, 0.3) is 0 Å². The molecular weight excluding hydrogens is 228 g/mol. The van der Waals surface area contributed by atoms with Gasteiger partial charge in [-0.3, -0.25) is 4.79 Å². The molecule has 0 aromatic carbocycles. The fraction of sp³-hybridized carbons (Fsp3) is 0.615. The molecule has 1 saturated heterocycles. The Morgan fingerprint density at radius 3 is 3.11 bits per heavy atom. The zero-order valence-electron chi connectivity index (χ0n) is 10.8. The molecule has 1 amide bonds. The monoisotopic (exact) mass is 248 g/mol. The summed E-state index contributed by atoms with van der Waals surface area (Å²) in [4.78, 5) is 12.3. The number of aromatic nitrogens is 2. The highest BCUT2D eigenvalue weighted by Gasteiger charge is 2.39. The standard InChI is InChI=1S/C13H20N4O/c1-2-6-13(7-4-8-15-13)12(18)14-10-11-5-3-9-16-17-11/h3,5,9,15H,2,4,6-8,10H2,1H3,(H,14,18). The Balaban J connectivity index is 1.94. The van der Waals surface area contributed by atoms with Gasteiger partial charge in [-0.25, -0.2) is 0 Å². The highest BCUT2D eigenvalue weighted by Crippen LogP contribution is 2.24. The molecule has 2 rings (SSSR count). The average molecular weight is 248 g/mol. The second-order valence-electron chi connectivity index (χ2n) is 4.76. The minimum atomic E-state index is -0.364. The van der Waals surface area contributed by atoms with Gasteiger partial charge in [-0.15, -0.1) is 0 Å². The van der Waals surface area contributed by atoms with Gasteiger partial charge in [0.1, 0.15) is 0 Å². The normalized spacial score (nSPS) is 22.9. The maximum Gasteiger partial charge on any atom is 0.240 e. The van der Waals surface area contributed by atoms with Crippen LogP contribution in [-0.4, -0.2) is 28.2 Å². The van der Waals surface area contributed by atoms with Gasteiger partial charge in [0.15, 0.2) is 0 Å². The van der Waals surface area contributed by atoms with Crippen LogP contribution in [0.3, 0.4) is 0 Å². The molecule has 1 aliphatic rings. The minimum absolute atomic E-state index is 0.0903. The number of nitrogens with zero attached hydrogens (tertiary/aromatic N) is 2. The average Bonchev–Trinajstić information content (AvgIpc) is 2.87. The van der Waals surface area contributed by atoms with Gasteiger partial charge in [-0.1, -0.05) is 13.3 Å². The van der Waals surface area contributed by atoms with Gasteiger partial charge in [0.05, 0.1) is 17.8 Å². The van der Waals surface area contributed by atoms with E-state index < -0.39 is 0 Å². The summed E-state index contributed by atoms with van der Waals surface area (Å²) in [5, 5.41) is 14.1. The Labute approximate surface area is 107 Å². The molecule has 0 saturated carbocycles. The van der Waals surface area contributed by atoms with Crippen molar-refractivity contribution in [3.05, 3.63) is 24.0 Å². The number of hydrogen-bond donors (Lipinski definition) is 2. The summed E-state index contributed by atoms with van der Waals surface area (Å²) < 4.78 is 0. The van der Waals surface area contributed by atoms with E-state index in [9.17, 15) is 4.79 Å². The molecule has 1 aromatic rings. The quantitative estimate of drug-likeness (QED) is 0.816. The van der Waals surface area contributed by atoms with Crippen molar-refractivity contribution in [2.24, 2.45) is 0 Å². The van der Waals surface area contributed by atoms with E-state index in [1.165, 1.54) is 0 Å². The first kappa shape index (κ1) is 13.0. The molecule has 1 aromatic heterocycles. The van der Waals surface area contributed by atoms with E-state index >= 15 is 0 Å². The fourth-order valence-electron chi connectivity index (χ4n) is 2.52. The van der Waals surface area contributed by atoms with Crippen LogP contribution in [0, 0.1) is 0 Å². The topological polar surface area (TPSA) is 66.9 Å². The Bertz CT molecular complexity index is 387. The lowest BCUT2D eigenvalue weighted by Crippen LogP contribution is -2.53. The zero-order valence-corrected chi connectivity index (χ0v) is 10.8. The van der Waals surface area contributed by atoms with Gasteiger partial charge < -0.3 is 10.6 Å². The third-order valence-electron chi connectivity index (χ3n) is 3.41. The number of carbonyl (C=O) groups is 1. The summed E-state index contributed by atoms with van der Waals surface area (Å²) >= 11 is 0. The highest BCUT2D eigenvalue weighted by molar-refractivity contribution is 5.86. The predicted molar refractivity (Wildman–Crippen MR) is 68.8 cm³/mol. The van der Waals surface area contributed by atoms with Crippen LogP contribution in [0.1, 0.15) is 38.3 Å². The molecule has 98 valence electrons. The molecule has 0 spiro atoms. The van der Waals surface area contributed by atoms with Crippen molar-refractivity contribution < 1.29 is 4.79 Å². The van der Waals surface area contributed by atoms with Crippen LogP contribution >= 0.6 is 0 Å². The molecule has 0 aliphatic carbocycles. The van der Waals surface area contributed by atoms with Gasteiger partial charge >= 0.3 is 0 Å². The maximum atomic E-state index is 12.3. The molecular formula is C13H20N4O. The highest BCUT2D eigenvalue weighted by atomic mass is 16.2. The molecule has 5 heteroatoms. The molecule has 0 bridgehead atoms. The summed E-state index contributed by atoms with van der Waals surface area (Å²) in [6.45, 7) is 3.48. The first-order chi connectivity index (χ1) is 8.77. The molecule has 0 radical (unpaired) electrons. The van der Waals surface area contributed by atoms with Gasteiger partial charge in [-0.05, 0) is 37.9 Å². The van der Waals surface area contributed by atoms with Crippen molar-refractivity contribution in [1.29, 1.82) is 0 Å². The molecule has 1 fully saturated rings. The number of amides is 1. The maximum absolute atomic E-state index is 12.3. The van der Waals surface area contributed by atoms with Crippen molar-refractivity contribution in [2.75, 3.05) is 6.54 Å². The number of nitrogens with one attached hydrogen (secondary N) is 2. The summed E-state index contributed by atoms with van der Waals surface area (Å²) in [5.74, 6) is 0.0903. The van der Waals surface area contributed by atoms with E-state index in [4.69, 9.17) is 0 Å². The Hall–Kier alpha value is -1.49. The smallest absolute Gasteiger partial charge is 0.240 e. The third-order valence-corrected chi connectivity index (χ3v) is 3.41. The Kier molecular flexibility index (Phi) is 4.25. The second-order valence-corrected chi connectivity index (χ2v) is 4.76. The SMILES string of the molecule is CCCC1(C(=O)NCc2cccnn2)CCCN1. The zero-order chi connectivity index (χ0) is 12.8. The van der Waals surface area contributed by atoms with Crippen molar-refractivity contribution in [3.8, 4) is 0 Å². The van der Waals surface area contributed by atoms with Crippen LogP contribution in [0.2, 0.25) is 0 Å². The summed E-state index contributed by atoms with van der Waals surface area (Å²) in [6.07, 6.45) is 5.51. The second kappa shape index (κ2) is 5.91. The lowest BCUT2D eigenvalue weighted by molar-refractivity contribution is -0.127. The molecule has 2 N–H and O–H groups in total. The van der Waals surface area contributed by atoms with E-state index in [2.05, 4.69) is 27.8 Å². The van der Waals surface area contributed by atoms with Crippen LogP contribution in [0.5, 0.6) is 0 Å². The predicted octanol–water partition coefficient (Wildman–Crippen LogP) is 1.02. The lowest BCUT2D eigenvalue weighted by atomic mass is 9.91. The van der Waals surface area contributed by atoms with Crippen LogP contribution in [0.15, 0.2) is 18.3 Å². The number of carbonyl (C=O) groups excluding carboxylic acids is 1. The van der Waals surface area contributed by atoms with Crippen molar-refractivity contribution in [1.82, 2.24) is 20.8 Å². The van der Waals surface area contributed by atoms with E-state index in [1.54, 1.807) is 6.20 Å². The van der Waals surface area contributed by atoms with Crippen molar-refractivity contribution >= 4 is 5.91 Å². The van der Waals surface area contributed by atoms with Crippen molar-refractivity contribution in [3.63, 3.8) is 0 Å². The molecule has 1 aliphatic heterocycles. The minimum Gasteiger partial charge on any atom is -0.349 e. The Morgan fingerprint density at radius 2 is 2.50 bits per heavy atom. The van der Waals surface area contributed by atoms with Crippen LogP contribution < -0.4 is 10.6 Å². The third kappa shape index (κ3) is 2.85. The molecule has 2 heterocycles. The van der Waals surface area contributed by atoms with Gasteiger partial charge in [0, 0.05) is 6.20 Å². The van der Waals surface area contributed by atoms with E-state index in [0.717, 1.165) is 37.9 Å². The van der Waals surface area contributed by atoms with E-state index in [0.29, 0.717) is 6.54 Å². The summed E-state index contributed by atoms with van der Waals surface area (Å²) in [7, 11) is 0. The van der Waals surface area contributed by atoms with E-state index in [1.807, 2.05) is 12.1 Å². The largest absolute Gasteiger partial charge is 0.349 e.